The van der Waals surface area contributed by atoms with Gasteiger partial charge in [0.2, 0.25) is 5.91 Å². The van der Waals surface area contributed by atoms with E-state index in [1.54, 1.807) is 0 Å². The van der Waals surface area contributed by atoms with Crippen molar-refractivity contribution in [2.24, 2.45) is 0 Å². The number of carbonyl (C=O) groups excluding carboxylic acids is 1. The molecule has 1 aliphatic heterocycles. The van der Waals surface area contributed by atoms with Gasteiger partial charge in [0.1, 0.15) is 12.2 Å². The summed E-state index contributed by atoms with van der Waals surface area (Å²) in [5.41, 5.74) is 0. The highest BCUT2D eigenvalue weighted by molar-refractivity contribution is 5.81. The van der Waals surface area contributed by atoms with Gasteiger partial charge in [0.05, 0.1) is 6.04 Å². The monoisotopic (exact) mass is 265 g/mol. The van der Waals surface area contributed by atoms with Crippen molar-refractivity contribution < 1.29 is 4.79 Å². The van der Waals surface area contributed by atoms with Crippen LogP contribution < -0.4 is 5.32 Å². The number of nitrogens with zero attached hydrogens (tertiary/aromatic N) is 3. The molecule has 2 rings (SSSR count). The van der Waals surface area contributed by atoms with E-state index in [0.29, 0.717) is 25.0 Å². The molecule has 0 radical (unpaired) electrons. The molecule has 3 unspecified atom stereocenters. The van der Waals surface area contributed by atoms with E-state index in [2.05, 4.69) is 39.2 Å². The molecule has 1 aliphatic rings. The number of rotatable bonds is 5. The molecule has 3 atom stereocenters. The van der Waals surface area contributed by atoms with Crippen LogP contribution in [-0.4, -0.2) is 50.7 Å². The molecule has 0 aliphatic carbocycles. The third-order valence-corrected chi connectivity index (χ3v) is 3.97. The molecule has 0 aromatic carbocycles. The summed E-state index contributed by atoms with van der Waals surface area (Å²) < 4.78 is 0. The summed E-state index contributed by atoms with van der Waals surface area (Å²) in [6.07, 6.45) is 4.52. The first-order valence-electron chi connectivity index (χ1n) is 6.99. The van der Waals surface area contributed by atoms with E-state index in [1.807, 2.05) is 6.92 Å². The summed E-state index contributed by atoms with van der Waals surface area (Å²) >= 11 is 0. The Morgan fingerprint density at radius 1 is 1.53 bits per heavy atom. The fourth-order valence-electron chi connectivity index (χ4n) is 2.92. The van der Waals surface area contributed by atoms with Gasteiger partial charge in [-0.1, -0.05) is 0 Å². The molecule has 0 spiro atoms. The van der Waals surface area contributed by atoms with Crippen LogP contribution in [0.4, 0.5) is 0 Å². The molecule has 1 aromatic heterocycles. The van der Waals surface area contributed by atoms with Crippen molar-refractivity contribution in [3.63, 3.8) is 0 Å². The van der Waals surface area contributed by atoms with Crippen molar-refractivity contribution in [1.82, 2.24) is 25.4 Å². The van der Waals surface area contributed by atoms with Gasteiger partial charge < -0.3 is 5.32 Å². The second-order valence-corrected chi connectivity index (χ2v) is 5.37. The highest BCUT2D eigenvalue weighted by atomic mass is 16.2. The molecule has 19 heavy (non-hydrogen) atoms. The molecule has 6 heteroatoms. The van der Waals surface area contributed by atoms with Crippen LogP contribution in [0, 0.1) is 0 Å². The lowest BCUT2D eigenvalue weighted by molar-refractivity contribution is -0.126. The van der Waals surface area contributed by atoms with Gasteiger partial charge in [0, 0.05) is 25.0 Å². The van der Waals surface area contributed by atoms with Crippen molar-refractivity contribution in [1.29, 1.82) is 0 Å². The molecule has 1 amide bonds. The summed E-state index contributed by atoms with van der Waals surface area (Å²) in [7, 11) is 0. The van der Waals surface area contributed by atoms with E-state index in [9.17, 15) is 4.79 Å². The van der Waals surface area contributed by atoms with Gasteiger partial charge in [0.25, 0.3) is 0 Å². The van der Waals surface area contributed by atoms with Crippen LogP contribution in [0.3, 0.4) is 0 Å². The first-order chi connectivity index (χ1) is 9.09. The van der Waals surface area contributed by atoms with Crippen molar-refractivity contribution in [2.45, 2.75) is 58.2 Å². The Morgan fingerprint density at radius 2 is 2.21 bits per heavy atom. The fourth-order valence-corrected chi connectivity index (χ4v) is 2.92. The van der Waals surface area contributed by atoms with E-state index in [4.69, 9.17) is 0 Å². The summed E-state index contributed by atoms with van der Waals surface area (Å²) in [6.45, 7) is 6.97. The number of H-pyrrole nitrogens is 1. The molecule has 0 bridgehead atoms. The molecule has 2 heterocycles. The molecule has 106 valence electrons. The number of carbonyl (C=O) groups is 1. The van der Waals surface area contributed by atoms with E-state index in [0.717, 1.165) is 5.82 Å². The minimum atomic E-state index is -0.0674. The summed E-state index contributed by atoms with van der Waals surface area (Å²) in [6, 6.07) is 0.914. The van der Waals surface area contributed by atoms with E-state index in [1.165, 1.54) is 19.2 Å². The fraction of sp³-hybridized carbons (Fsp3) is 0.769. The third-order valence-electron chi connectivity index (χ3n) is 3.97. The topological polar surface area (TPSA) is 73.9 Å². The van der Waals surface area contributed by atoms with Crippen LogP contribution >= 0.6 is 0 Å². The highest BCUT2D eigenvalue weighted by Gasteiger charge is 2.34. The predicted octanol–water partition coefficient (Wildman–Crippen LogP) is 0.725. The van der Waals surface area contributed by atoms with Crippen molar-refractivity contribution >= 4 is 5.91 Å². The number of hydrogen-bond donors (Lipinski definition) is 2. The molecule has 0 saturated carbocycles. The second-order valence-electron chi connectivity index (χ2n) is 5.37. The predicted molar refractivity (Wildman–Crippen MR) is 72.6 cm³/mol. The van der Waals surface area contributed by atoms with Crippen LogP contribution in [0.5, 0.6) is 0 Å². The molecule has 6 nitrogen and oxygen atoms in total. The van der Waals surface area contributed by atoms with Gasteiger partial charge in [-0.3, -0.25) is 14.8 Å². The molecular weight excluding hydrogens is 242 g/mol. The molecule has 1 fully saturated rings. The van der Waals surface area contributed by atoms with Gasteiger partial charge in [-0.15, -0.1) is 0 Å². The van der Waals surface area contributed by atoms with Crippen LogP contribution in [0.1, 0.15) is 39.4 Å². The first kappa shape index (κ1) is 14.0. The van der Waals surface area contributed by atoms with Gasteiger partial charge >= 0.3 is 0 Å². The smallest absolute Gasteiger partial charge is 0.237 e. The SMILES string of the molecule is CC1CCC(C)N1C(C)C(=O)NCCc1ncn[nH]1. The minimum absolute atomic E-state index is 0.0674. The van der Waals surface area contributed by atoms with Crippen LogP contribution in [0.25, 0.3) is 0 Å². The second kappa shape index (κ2) is 6.14. The Hall–Kier alpha value is -1.43. The Kier molecular flexibility index (Phi) is 4.52. The maximum atomic E-state index is 12.2. The quantitative estimate of drug-likeness (QED) is 0.823. The first-order valence-corrected chi connectivity index (χ1v) is 6.99. The lowest BCUT2D eigenvalue weighted by Crippen LogP contribution is -2.49. The standard InChI is InChI=1S/C13H23N5O/c1-9-4-5-10(2)18(9)11(3)13(19)14-7-6-12-15-8-16-17-12/h8-11H,4-7H2,1-3H3,(H,14,19)(H,15,16,17). The van der Waals surface area contributed by atoms with Crippen molar-refractivity contribution in [2.75, 3.05) is 6.54 Å². The van der Waals surface area contributed by atoms with Crippen LogP contribution in [-0.2, 0) is 11.2 Å². The summed E-state index contributed by atoms with van der Waals surface area (Å²) in [4.78, 5) is 18.5. The lowest BCUT2D eigenvalue weighted by Gasteiger charge is -2.31. The number of aromatic amines is 1. The maximum Gasteiger partial charge on any atom is 0.237 e. The van der Waals surface area contributed by atoms with Gasteiger partial charge in [0.15, 0.2) is 0 Å². The number of aromatic nitrogens is 3. The summed E-state index contributed by atoms with van der Waals surface area (Å²) in [5, 5.41) is 9.54. The normalized spacial score (nSPS) is 25.4. The molecule has 1 saturated heterocycles. The number of amides is 1. The van der Waals surface area contributed by atoms with Crippen molar-refractivity contribution in [3.05, 3.63) is 12.2 Å². The van der Waals surface area contributed by atoms with Gasteiger partial charge in [-0.05, 0) is 33.6 Å². The zero-order chi connectivity index (χ0) is 13.8. The molecule has 2 N–H and O–H groups in total. The largest absolute Gasteiger partial charge is 0.354 e. The number of nitrogens with one attached hydrogen (secondary N) is 2. The van der Waals surface area contributed by atoms with Crippen molar-refractivity contribution in [3.8, 4) is 0 Å². The number of hydrogen-bond acceptors (Lipinski definition) is 4. The average molecular weight is 265 g/mol. The van der Waals surface area contributed by atoms with E-state index < -0.39 is 0 Å². The molecule has 1 aromatic rings. The summed E-state index contributed by atoms with van der Waals surface area (Å²) in [5.74, 6) is 0.899. The third kappa shape index (κ3) is 3.32. The zero-order valence-electron chi connectivity index (χ0n) is 11.9. The Bertz CT molecular complexity index is 395. The van der Waals surface area contributed by atoms with E-state index >= 15 is 0 Å². The van der Waals surface area contributed by atoms with Crippen LogP contribution in [0.2, 0.25) is 0 Å². The average Bonchev–Trinajstić information content (AvgIpc) is 2.99. The zero-order valence-corrected chi connectivity index (χ0v) is 11.9. The van der Waals surface area contributed by atoms with Crippen LogP contribution in [0.15, 0.2) is 6.33 Å². The van der Waals surface area contributed by atoms with Gasteiger partial charge in [-0.2, -0.15) is 5.10 Å². The highest BCUT2D eigenvalue weighted by Crippen LogP contribution is 2.25. The van der Waals surface area contributed by atoms with E-state index in [-0.39, 0.29) is 11.9 Å². The molecular formula is C13H23N5O. The van der Waals surface area contributed by atoms with Gasteiger partial charge in [-0.25, -0.2) is 4.98 Å². The lowest BCUT2D eigenvalue weighted by atomic mass is 10.2. The minimum Gasteiger partial charge on any atom is -0.354 e. The Morgan fingerprint density at radius 3 is 2.79 bits per heavy atom. The maximum absolute atomic E-state index is 12.2. The Balaban J connectivity index is 1.79. The number of likely N-dealkylation sites (tertiary alicyclic amines) is 1. The Labute approximate surface area is 114 Å².